The predicted octanol–water partition coefficient (Wildman–Crippen LogP) is -4.28. The Balaban J connectivity index is 1.16. The van der Waals surface area contributed by atoms with Crippen LogP contribution in [0.4, 0.5) is 5.82 Å². The molecule has 2 fully saturated rings. The average Bonchev–Trinajstić information content (AvgIpc) is 3.61. The number of primary amides is 1. The first-order valence-electron chi connectivity index (χ1n) is 12.6. The van der Waals surface area contributed by atoms with Gasteiger partial charge in [-0.3, -0.25) is 18.5 Å². The second kappa shape index (κ2) is 12.4. The van der Waals surface area contributed by atoms with E-state index in [1.807, 2.05) is 0 Å². The van der Waals surface area contributed by atoms with Gasteiger partial charge in [0.15, 0.2) is 36.2 Å². The van der Waals surface area contributed by atoms with E-state index in [0.717, 1.165) is 6.33 Å². The summed E-state index contributed by atoms with van der Waals surface area (Å²) in [4.78, 5) is 47.8. The van der Waals surface area contributed by atoms with Gasteiger partial charge in [0.05, 0.1) is 19.5 Å². The number of amides is 1. The molecule has 23 heteroatoms. The Hall–Kier alpha value is -3.01. The molecule has 2 aliphatic heterocycles. The number of nitrogens with two attached hydrogens (primary N) is 2. The molecular formula is C21H26N7O14P2-. The Morgan fingerprint density at radius 2 is 1.64 bits per heavy atom. The summed E-state index contributed by atoms with van der Waals surface area (Å²) in [6.07, 6.45) is -7.26. The van der Waals surface area contributed by atoms with Crippen molar-refractivity contribution in [3.05, 3.63) is 42.7 Å². The van der Waals surface area contributed by atoms with Crippen molar-refractivity contribution < 1.29 is 71.5 Å². The molecule has 2 saturated heterocycles. The van der Waals surface area contributed by atoms with E-state index in [1.54, 1.807) is 0 Å². The fourth-order valence-electron chi connectivity index (χ4n) is 4.56. The van der Waals surface area contributed by atoms with Gasteiger partial charge < -0.3 is 60.2 Å². The first kappa shape index (κ1) is 32.4. The van der Waals surface area contributed by atoms with Crippen LogP contribution < -0.4 is 25.8 Å². The van der Waals surface area contributed by atoms with Gasteiger partial charge in [0, 0.05) is 6.07 Å². The number of pyridine rings is 1. The zero-order valence-electron chi connectivity index (χ0n) is 22.2. The fraction of sp³-hybridized carbons (Fsp3) is 0.476. The number of ether oxygens (including phenoxy) is 2. The van der Waals surface area contributed by atoms with Gasteiger partial charge in [0.1, 0.15) is 47.9 Å². The second-order valence-electron chi connectivity index (χ2n) is 9.65. The van der Waals surface area contributed by atoms with Gasteiger partial charge in [0.25, 0.3) is 27.8 Å². The molecule has 3 aromatic heterocycles. The van der Waals surface area contributed by atoms with E-state index >= 15 is 0 Å². The number of phosphoric acid groups is 2. The Labute approximate surface area is 246 Å². The fourth-order valence-corrected chi connectivity index (χ4v) is 6.58. The zero-order chi connectivity index (χ0) is 32.0. The van der Waals surface area contributed by atoms with Crippen LogP contribution in [0.2, 0.25) is 0 Å². The third-order valence-corrected chi connectivity index (χ3v) is 9.26. The Morgan fingerprint density at radius 1 is 1.00 bits per heavy atom. The summed E-state index contributed by atoms with van der Waals surface area (Å²) in [5, 5.41) is 41.5. The van der Waals surface area contributed by atoms with Crippen LogP contribution in [0.15, 0.2) is 37.2 Å². The van der Waals surface area contributed by atoms with Gasteiger partial charge in [-0.2, -0.15) is 4.57 Å². The molecule has 0 aromatic carbocycles. The van der Waals surface area contributed by atoms with Crippen molar-refractivity contribution in [1.29, 1.82) is 0 Å². The van der Waals surface area contributed by atoms with Crippen LogP contribution in [0.5, 0.6) is 0 Å². The molecule has 0 spiro atoms. The van der Waals surface area contributed by atoms with Gasteiger partial charge in [-0.25, -0.2) is 19.3 Å². The number of phosphoric ester groups is 2. The maximum absolute atomic E-state index is 12.3. The highest BCUT2D eigenvalue weighted by atomic mass is 31.3. The number of carbonyl (C=O) groups excluding carboxylic acids is 1. The number of rotatable bonds is 11. The van der Waals surface area contributed by atoms with E-state index in [-0.39, 0.29) is 22.5 Å². The van der Waals surface area contributed by atoms with Crippen LogP contribution in [-0.4, -0.2) is 95.7 Å². The lowest BCUT2D eigenvalue weighted by Crippen LogP contribution is -2.46. The van der Waals surface area contributed by atoms with Crippen LogP contribution in [-0.2, 0) is 32.0 Å². The summed E-state index contributed by atoms with van der Waals surface area (Å²) in [5.74, 6) is -0.743. The minimum absolute atomic E-state index is 0.0363. The average molecular weight is 662 g/mol. The van der Waals surface area contributed by atoms with Crippen molar-refractivity contribution in [1.82, 2.24) is 19.5 Å². The van der Waals surface area contributed by atoms with Crippen LogP contribution in [0.25, 0.3) is 11.2 Å². The van der Waals surface area contributed by atoms with Crippen LogP contribution in [0, 0.1) is 0 Å². The molecule has 8 N–H and O–H groups in total. The topological polar surface area (TPSA) is 324 Å². The SMILES string of the molecule is NC(=O)c1ccc[n+]([C@@H]2O[C@H](COP(=O)([O-])OP(=O)([O-])OC[C@@H]3O[C@H](n4cnc5c(N)ncnc54)C(O)C3O)C(O)[C@@H]2O)c1. The van der Waals surface area contributed by atoms with Crippen LogP contribution >= 0.6 is 15.6 Å². The van der Waals surface area contributed by atoms with E-state index in [1.165, 1.54) is 40.0 Å². The van der Waals surface area contributed by atoms with Gasteiger partial charge in [-0.1, -0.05) is 0 Å². The lowest BCUT2D eigenvalue weighted by atomic mass is 10.1. The molecule has 5 rings (SSSR count). The largest absolute Gasteiger partial charge is 0.756 e. The first-order chi connectivity index (χ1) is 20.7. The highest BCUT2D eigenvalue weighted by molar-refractivity contribution is 7.59. The van der Waals surface area contributed by atoms with Crippen LogP contribution in [0.3, 0.4) is 0 Å². The molecule has 0 radical (unpaired) electrons. The number of aliphatic hydroxyl groups excluding tert-OH is 4. The van der Waals surface area contributed by atoms with Gasteiger partial charge >= 0.3 is 0 Å². The smallest absolute Gasteiger partial charge is 0.292 e. The molecular weight excluding hydrogens is 636 g/mol. The van der Waals surface area contributed by atoms with E-state index in [9.17, 15) is 44.1 Å². The maximum Gasteiger partial charge on any atom is 0.292 e. The predicted molar refractivity (Wildman–Crippen MR) is 135 cm³/mol. The molecule has 10 atom stereocenters. The summed E-state index contributed by atoms with van der Waals surface area (Å²) in [6, 6.07) is 2.80. The molecule has 0 saturated carbocycles. The van der Waals surface area contributed by atoms with E-state index in [0.29, 0.717) is 0 Å². The third-order valence-electron chi connectivity index (χ3n) is 6.73. The molecule has 0 bridgehead atoms. The number of aliphatic hydroxyl groups is 4. The Bertz CT molecular complexity index is 1630. The third kappa shape index (κ3) is 6.65. The zero-order valence-corrected chi connectivity index (χ0v) is 23.9. The summed E-state index contributed by atoms with van der Waals surface area (Å²) < 4.78 is 51.1. The van der Waals surface area contributed by atoms with E-state index in [2.05, 4.69) is 28.3 Å². The molecule has 5 unspecified atom stereocenters. The molecule has 1 amide bonds. The number of nitrogen functional groups attached to an aromatic ring is 1. The van der Waals surface area contributed by atoms with Gasteiger partial charge in [0.2, 0.25) is 0 Å². The summed E-state index contributed by atoms with van der Waals surface area (Å²) in [6.45, 7) is -1.98. The lowest BCUT2D eigenvalue weighted by molar-refractivity contribution is -0.765. The van der Waals surface area contributed by atoms with Crippen LogP contribution in [0.1, 0.15) is 22.8 Å². The van der Waals surface area contributed by atoms with Crippen molar-refractivity contribution >= 4 is 38.5 Å². The van der Waals surface area contributed by atoms with Gasteiger partial charge in [-0.15, -0.1) is 0 Å². The van der Waals surface area contributed by atoms with Crippen molar-refractivity contribution in [2.24, 2.45) is 5.73 Å². The van der Waals surface area contributed by atoms with Crippen molar-refractivity contribution in [3.63, 3.8) is 0 Å². The number of anilines is 1. The monoisotopic (exact) mass is 662 g/mol. The highest BCUT2D eigenvalue weighted by Gasteiger charge is 2.49. The first-order valence-corrected chi connectivity index (χ1v) is 15.5. The van der Waals surface area contributed by atoms with E-state index < -0.39 is 83.8 Å². The summed E-state index contributed by atoms with van der Waals surface area (Å²) in [5.41, 5.74) is 11.3. The number of hydrogen-bond acceptors (Lipinski definition) is 18. The Morgan fingerprint density at radius 3 is 2.30 bits per heavy atom. The minimum atomic E-state index is -5.68. The second-order valence-corrected chi connectivity index (χ2v) is 12.6. The van der Waals surface area contributed by atoms with Crippen molar-refractivity contribution in [2.45, 2.75) is 49.1 Å². The van der Waals surface area contributed by atoms with Gasteiger partial charge in [-0.05, 0) is 6.07 Å². The standard InChI is InChI=1S/C21H27N7O14P2/c22-17-12-19(25-7-24-17)28(8-26-12)21-16(32)14(30)11(41-21)6-39-44(36,37)42-43(34,35)38-5-10-13(29)15(31)20(40-10)27-3-1-2-9(4-27)18(23)33/h1-4,7-8,10-11,13-16,20-21,29-32H,5-6H2,(H5-,22,23,24,25,33,34,35,36,37)/p-1/t10-,11+,13?,14?,15+,16?,20-,21+/m1/s1. The van der Waals surface area contributed by atoms with E-state index in [4.69, 9.17) is 20.9 Å². The molecule has 5 heterocycles. The molecule has 2 aliphatic rings. The molecule has 0 aliphatic carbocycles. The maximum atomic E-state index is 12.3. The number of hydrogen-bond donors (Lipinski definition) is 6. The lowest BCUT2D eigenvalue weighted by Gasteiger charge is -2.31. The molecule has 21 nitrogen and oxygen atoms in total. The Kier molecular flexibility index (Phi) is 9.13. The quantitative estimate of drug-likeness (QED) is 0.0835. The number of imidazole rings is 1. The summed E-state index contributed by atoms with van der Waals surface area (Å²) >= 11 is 0. The number of carbonyl (C=O) groups is 1. The number of fused-ring (bicyclic) bond motifs is 1. The van der Waals surface area contributed by atoms with Crippen molar-refractivity contribution in [3.8, 4) is 0 Å². The normalized spacial score (nSPS) is 31.6. The molecule has 240 valence electrons. The highest BCUT2D eigenvalue weighted by Crippen LogP contribution is 2.56. The molecule has 44 heavy (non-hydrogen) atoms. The number of aromatic nitrogens is 5. The number of nitrogens with zero attached hydrogens (tertiary/aromatic N) is 5. The minimum Gasteiger partial charge on any atom is -0.756 e. The summed E-state index contributed by atoms with van der Waals surface area (Å²) in [7, 11) is -11.4. The van der Waals surface area contributed by atoms with Crippen molar-refractivity contribution in [2.75, 3.05) is 18.9 Å². The molecule has 3 aromatic rings.